The van der Waals surface area contributed by atoms with Crippen LogP contribution in [0.4, 0.5) is 0 Å². The molecule has 0 spiro atoms. The van der Waals surface area contributed by atoms with Gasteiger partial charge in [-0.15, -0.1) is 0 Å². The minimum Gasteiger partial charge on any atom is -0.469 e. The molecule has 0 unspecified atom stereocenters. The van der Waals surface area contributed by atoms with E-state index in [1.165, 1.54) is 6.26 Å². The van der Waals surface area contributed by atoms with Crippen LogP contribution in [0.2, 0.25) is 0 Å². The Kier molecular flexibility index (Phi) is 2.71. The zero-order valence-electron chi connectivity index (χ0n) is 10.5. The maximum absolute atomic E-state index is 12.3. The lowest BCUT2D eigenvalue weighted by Gasteiger charge is -2.16. The molecule has 1 aliphatic heterocycles. The van der Waals surface area contributed by atoms with E-state index in [-0.39, 0.29) is 11.7 Å². The summed E-state index contributed by atoms with van der Waals surface area (Å²) in [5.41, 5.74) is 2.64. The first-order chi connectivity index (χ1) is 9.16. The van der Waals surface area contributed by atoms with E-state index in [1.54, 1.807) is 25.1 Å². The highest BCUT2D eigenvalue weighted by molar-refractivity contribution is 6.11. The average Bonchev–Trinajstić information content (AvgIpc) is 2.84. The van der Waals surface area contributed by atoms with E-state index in [1.807, 2.05) is 6.07 Å². The Labute approximate surface area is 110 Å². The number of nitrogens with one attached hydrogen (secondary N) is 1. The topological polar surface area (TPSA) is 59.3 Å². The number of furan rings is 1. The number of carbonyl (C=O) groups excluding carboxylic acids is 2. The van der Waals surface area contributed by atoms with Gasteiger partial charge in [0.1, 0.15) is 5.76 Å². The summed E-state index contributed by atoms with van der Waals surface area (Å²) in [4.78, 5) is 24.1. The first kappa shape index (κ1) is 11.7. The quantitative estimate of drug-likeness (QED) is 0.836. The van der Waals surface area contributed by atoms with E-state index in [4.69, 9.17) is 4.42 Å². The fourth-order valence-electron chi connectivity index (χ4n) is 2.33. The van der Waals surface area contributed by atoms with E-state index in [0.717, 1.165) is 12.0 Å². The van der Waals surface area contributed by atoms with Crippen LogP contribution in [0.15, 0.2) is 34.9 Å². The molecular weight excluding hydrogens is 242 g/mol. The van der Waals surface area contributed by atoms with Gasteiger partial charge >= 0.3 is 0 Å². The van der Waals surface area contributed by atoms with Gasteiger partial charge < -0.3 is 9.73 Å². The van der Waals surface area contributed by atoms with Crippen LogP contribution in [0.5, 0.6) is 0 Å². The van der Waals surface area contributed by atoms with E-state index >= 15 is 0 Å². The van der Waals surface area contributed by atoms with Crippen molar-refractivity contribution in [3.63, 3.8) is 0 Å². The van der Waals surface area contributed by atoms with E-state index < -0.39 is 0 Å². The molecule has 1 aliphatic rings. The highest BCUT2D eigenvalue weighted by Gasteiger charge is 2.20. The Bertz CT molecular complexity index is 670. The Morgan fingerprint density at radius 2 is 2.16 bits per heavy atom. The lowest BCUT2D eigenvalue weighted by atomic mass is 9.95. The SMILES string of the molecule is Cc1occc1C(=O)c1ccc2c(c1)C(=O)NCC2. The summed E-state index contributed by atoms with van der Waals surface area (Å²) in [6.07, 6.45) is 2.30. The number of hydrogen-bond donors (Lipinski definition) is 1. The van der Waals surface area contributed by atoms with E-state index in [9.17, 15) is 9.59 Å². The summed E-state index contributed by atoms with van der Waals surface area (Å²) < 4.78 is 5.14. The lowest BCUT2D eigenvalue weighted by Crippen LogP contribution is -2.32. The van der Waals surface area contributed by atoms with Crippen molar-refractivity contribution in [2.75, 3.05) is 6.54 Å². The van der Waals surface area contributed by atoms with Gasteiger partial charge in [-0.25, -0.2) is 0 Å². The van der Waals surface area contributed by atoms with Crippen molar-refractivity contribution in [3.8, 4) is 0 Å². The monoisotopic (exact) mass is 255 g/mol. The van der Waals surface area contributed by atoms with E-state index in [2.05, 4.69) is 5.32 Å². The number of amides is 1. The van der Waals surface area contributed by atoms with Crippen molar-refractivity contribution in [1.29, 1.82) is 0 Å². The molecule has 0 fully saturated rings. The minimum absolute atomic E-state index is 0.111. The second-order valence-electron chi connectivity index (χ2n) is 4.60. The van der Waals surface area contributed by atoms with Gasteiger partial charge in [-0.05, 0) is 31.0 Å². The third-order valence-corrected chi connectivity index (χ3v) is 3.40. The molecule has 1 aromatic carbocycles. The first-order valence-electron chi connectivity index (χ1n) is 6.17. The molecule has 3 rings (SSSR count). The molecule has 2 heterocycles. The van der Waals surface area contributed by atoms with Gasteiger partial charge in [0.15, 0.2) is 5.78 Å². The van der Waals surface area contributed by atoms with Crippen molar-refractivity contribution < 1.29 is 14.0 Å². The van der Waals surface area contributed by atoms with Crippen LogP contribution in [0.3, 0.4) is 0 Å². The van der Waals surface area contributed by atoms with Gasteiger partial charge in [0, 0.05) is 17.7 Å². The van der Waals surface area contributed by atoms with Gasteiger partial charge in [0.25, 0.3) is 5.91 Å². The fourth-order valence-corrected chi connectivity index (χ4v) is 2.33. The van der Waals surface area contributed by atoms with Crippen LogP contribution in [-0.4, -0.2) is 18.2 Å². The van der Waals surface area contributed by atoms with Gasteiger partial charge in [-0.1, -0.05) is 12.1 Å². The molecule has 1 aromatic heterocycles. The summed E-state index contributed by atoms with van der Waals surface area (Å²) in [5.74, 6) is 0.361. The predicted molar refractivity (Wildman–Crippen MR) is 69.4 cm³/mol. The fraction of sp³-hybridized carbons (Fsp3) is 0.200. The normalized spacial score (nSPS) is 13.8. The molecule has 19 heavy (non-hydrogen) atoms. The zero-order chi connectivity index (χ0) is 13.4. The third kappa shape index (κ3) is 1.95. The largest absolute Gasteiger partial charge is 0.469 e. The Morgan fingerprint density at radius 1 is 1.32 bits per heavy atom. The minimum atomic E-state index is -0.118. The molecule has 1 N–H and O–H groups in total. The summed E-state index contributed by atoms with van der Waals surface area (Å²) >= 11 is 0. The Hall–Kier alpha value is -2.36. The van der Waals surface area contributed by atoms with Crippen LogP contribution in [0.25, 0.3) is 0 Å². The van der Waals surface area contributed by atoms with Gasteiger partial charge in [0.05, 0.1) is 11.8 Å². The molecule has 0 radical (unpaired) electrons. The predicted octanol–water partition coefficient (Wildman–Crippen LogP) is 2.10. The second kappa shape index (κ2) is 4.39. The molecule has 0 aliphatic carbocycles. The van der Waals surface area contributed by atoms with Crippen molar-refractivity contribution >= 4 is 11.7 Å². The molecule has 0 saturated heterocycles. The van der Waals surface area contributed by atoms with Crippen molar-refractivity contribution in [1.82, 2.24) is 5.32 Å². The highest BCUT2D eigenvalue weighted by atomic mass is 16.3. The smallest absolute Gasteiger partial charge is 0.251 e. The summed E-state index contributed by atoms with van der Waals surface area (Å²) in [7, 11) is 0. The molecule has 2 aromatic rings. The molecule has 0 atom stereocenters. The average molecular weight is 255 g/mol. The van der Waals surface area contributed by atoms with Crippen LogP contribution < -0.4 is 5.32 Å². The van der Waals surface area contributed by atoms with Crippen LogP contribution >= 0.6 is 0 Å². The molecule has 4 nitrogen and oxygen atoms in total. The number of benzene rings is 1. The molecule has 1 amide bonds. The van der Waals surface area contributed by atoms with Crippen LogP contribution in [0, 0.1) is 6.92 Å². The molecule has 96 valence electrons. The second-order valence-corrected chi connectivity index (χ2v) is 4.60. The lowest BCUT2D eigenvalue weighted by molar-refractivity contribution is 0.0946. The zero-order valence-corrected chi connectivity index (χ0v) is 10.5. The van der Waals surface area contributed by atoms with Crippen molar-refractivity contribution in [3.05, 3.63) is 58.5 Å². The molecular formula is C15H13NO3. The number of fused-ring (bicyclic) bond motifs is 1. The summed E-state index contributed by atoms with van der Waals surface area (Å²) in [6, 6.07) is 6.94. The van der Waals surface area contributed by atoms with Crippen molar-refractivity contribution in [2.45, 2.75) is 13.3 Å². The summed E-state index contributed by atoms with van der Waals surface area (Å²) in [6.45, 7) is 2.40. The molecule has 0 bridgehead atoms. The molecule has 4 heteroatoms. The van der Waals surface area contributed by atoms with Gasteiger partial charge in [-0.2, -0.15) is 0 Å². The number of rotatable bonds is 2. The third-order valence-electron chi connectivity index (χ3n) is 3.40. The number of aryl methyl sites for hydroxylation is 1. The van der Waals surface area contributed by atoms with E-state index in [0.29, 0.717) is 29.0 Å². The number of carbonyl (C=O) groups is 2. The Balaban J connectivity index is 2.03. The van der Waals surface area contributed by atoms with Gasteiger partial charge in [0.2, 0.25) is 0 Å². The first-order valence-corrected chi connectivity index (χ1v) is 6.17. The maximum atomic E-state index is 12.3. The summed E-state index contributed by atoms with van der Waals surface area (Å²) in [5, 5.41) is 2.78. The highest BCUT2D eigenvalue weighted by Crippen LogP contribution is 2.20. The number of ketones is 1. The number of hydrogen-bond acceptors (Lipinski definition) is 3. The maximum Gasteiger partial charge on any atom is 0.251 e. The Morgan fingerprint density at radius 3 is 2.89 bits per heavy atom. The van der Waals surface area contributed by atoms with Gasteiger partial charge in [-0.3, -0.25) is 9.59 Å². The standard InChI is InChI=1S/C15H13NO3/c1-9-12(5-7-19-9)14(17)11-3-2-10-4-6-16-15(18)13(10)8-11/h2-3,5,7-8H,4,6H2,1H3,(H,16,18). The molecule has 0 saturated carbocycles. The van der Waals surface area contributed by atoms with Crippen molar-refractivity contribution in [2.24, 2.45) is 0 Å². The van der Waals surface area contributed by atoms with Crippen LogP contribution in [0.1, 0.15) is 37.6 Å². The van der Waals surface area contributed by atoms with Crippen LogP contribution in [-0.2, 0) is 6.42 Å².